The Hall–Kier alpha value is -1.56. The second-order valence-corrected chi connectivity index (χ2v) is 3.00. The molecule has 1 heterocycles. The number of ether oxygens (including phenoxy) is 1. The molecule has 0 saturated carbocycles. The molecule has 0 aromatic heterocycles. The number of rotatable bonds is 0. The highest BCUT2D eigenvalue weighted by Crippen LogP contribution is 2.27. The standard InChI is InChI=1S/C10H8FNO/c11-9-5-10-7(2-1-3-13-10)4-8(9)6-12/h4-5H,1-3H2. The van der Waals surface area contributed by atoms with Gasteiger partial charge < -0.3 is 4.74 Å². The van der Waals surface area contributed by atoms with Gasteiger partial charge >= 0.3 is 0 Å². The van der Waals surface area contributed by atoms with Crippen molar-refractivity contribution >= 4 is 0 Å². The van der Waals surface area contributed by atoms with Gasteiger partial charge in [0.2, 0.25) is 0 Å². The summed E-state index contributed by atoms with van der Waals surface area (Å²) in [7, 11) is 0. The summed E-state index contributed by atoms with van der Waals surface area (Å²) in [5.74, 6) is 0.0888. The molecular formula is C10H8FNO. The van der Waals surface area contributed by atoms with Gasteiger partial charge in [-0.3, -0.25) is 0 Å². The minimum atomic E-state index is -0.497. The van der Waals surface area contributed by atoms with Gasteiger partial charge in [-0.15, -0.1) is 0 Å². The molecule has 0 radical (unpaired) electrons. The van der Waals surface area contributed by atoms with Crippen LogP contribution in [-0.4, -0.2) is 6.61 Å². The van der Waals surface area contributed by atoms with E-state index in [0.717, 1.165) is 18.4 Å². The zero-order valence-corrected chi connectivity index (χ0v) is 7.01. The first-order valence-corrected chi connectivity index (χ1v) is 4.16. The zero-order chi connectivity index (χ0) is 9.26. The smallest absolute Gasteiger partial charge is 0.144 e. The predicted octanol–water partition coefficient (Wildman–Crippen LogP) is 2.02. The minimum Gasteiger partial charge on any atom is -0.493 e. The molecule has 0 amide bonds. The molecule has 0 N–H and O–H groups in total. The lowest BCUT2D eigenvalue weighted by Gasteiger charge is -2.17. The highest BCUT2D eigenvalue weighted by molar-refractivity contribution is 5.43. The van der Waals surface area contributed by atoms with Gasteiger partial charge in [0.25, 0.3) is 0 Å². The summed E-state index contributed by atoms with van der Waals surface area (Å²) in [4.78, 5) is 0. The Morgan fingerprint density at radius 1 is 1.46 bits per heavy atom. The summed E-state index contributed by atoms with van der Waals surface area (Å²) in [5.41, 5.74) is 1.04. The highest BCUT2D eigenvalue weighted by Gasteiger charge is 2.13. The Morgan fingerprint density at radius 3 is 3.08 bits per heavy atom. The molecule has 13 heavy (non-hydrogen) atoms. The van der Waals surface area contributed by atoms with Crippen molar-refractivity contribution in [3.63, 3.8) is 0 Å². The molecule has 0 atom stereocenters. The lowest BCUT2D eigenvalue weighted by atomic mass is 10.0. The van der Waals surface area contributed by atoms with E-state index < -0.39 is 5.82 Å². The fraction of sp³-hybridized carbons (Fsp3) is 0.300. The van der Waals surface area contributed by atoms with E-state index in [1.807, 2.05) is 6.07 Å². The van der Waals surface area contributed by atoms with Crippen molar-refractivity contribution in [3.8, 4) is 11.8 Å². The summed E-state index contributed by atoms with van der Waals surface area (Å²) in [6, 6.07) is 4.69. The Balaban J connectivity index is 2.52. The molecular weight excluding hydrogens is 169 g/mol. The summed E-state index contributed by atoms with van der Waals surface area (Å²) >= 11 is 0. The molecule has 66 valence electrons. The number of hydrogen-bond donors (Lipinski definition) is 0. The van der Waals surface area contributed by atoms with E-state index in [9.17, 15) is 4.39 Å². The zero-order valence-electron chi connectivity index (χ0n) is 7.01. The average Bonchev–Trinajstić information content (AvgIpc) is 2.17. The normalized spacial score (nSPS) is 14.2. The third kappa shape index (κ3) is 1.35. The van der Waals surface area contributed by atoms with Crippen molar-refractivity contribution in [1.29, 1.82) is 5.26 Å². The number of hydrogen-bond acceptors (Lipinski definition) is 2. The number of nitriles is 1. The highest BCUT2D eigenvalue weighted by atomic mass is 19.1. The van der Waals surface area contributed by atoms with E-state index in [4.69, 9.17) is 10.00 Å². The molecule has 1 aliphatic rings. The van der Waals surface area contributed by atoms with Gasteiger partial charge in [-0.1, -0.05) is 0 Å². The molecule has 0 fully saturated rings. The first-order chi connectivity index (χ1) is 6.31. The summed E-state index contributed by atoms with van der Waals surface area (Å²) in [6.45, 7) is 0.637. The van der Waals surface area contributed by atoms with Crippen LogP contribution in [-0.2, 0) is 6.42 Å². The average molecular weight is 177 g/mol. The van der Waals surface area contributed by atoms with E-state index >= 15 is 0 Å². The summed E-state index contributed by atoms with van der Waals surface area (Å²) < 4.78 is 18.3. The van der Waals surface area contributed by atoms with Crippen LogP contribution in [0.25, 0.3) is 0 Å². The lowest BCUT2D eigenvalue weighted by molar-refractivity contribution is 0.286. The molecule has 2 nitrogen and oxygen atoms in total. The quantitative estimate of drug-likeness (QED) is 0.607. The van der Waals surface area contributed by atoms with Crippen LogP contribution in [0.15, 0.2) is 12.1 Å². The van der Waals surface area contributed by atoms with E-state index in [0.29, 0.717) is 12.4 Å². The van der Waals surface area contributed by atoms with Crippen molar-refractivity contribution in [2.75, 3.05) is 6.61 Å². The van der Waals surface area contributed by atoms with Gasteiger partial charge in [0.05, 0.1) is 12.2 Å². The Morgan fingerprint density at radius 2 is 2.31 bits per heavy atom. The molecule has 0 bridgehead atoms. The van der Waals surface area contributed by atoms with Crippen LogP contribution in [0.3, 0.4) is 0 Å². The van der Waals surface area contributed by atoms with Gasteiger partial charge in [-0.2, -0.15) is 5.26 Å². The van der Waals surface area contributed by atoms with E-state index in [2.05, 4.69) is 0 Å². The maximum atomic E-state index is 13.1. The van der Waals surface area contributed by atoms with Crippen LogP contribution >= 0.6 is 0 Å². The number of fused-ring (bicyclic) bond motifs is 1. The van der Waals surface area contributed by atoms with Crippen molar-refractivity contribution in [3.05, 3.63) is 29.1 Å². The fourth-order valence-electron chi connectivity index (χ4n) is 1.46. The SMILES string of the molecule is N#Cc1cc2c(cc1F)OCCC2. The summed E-state index contributed by atoms with van der Waals surface area (Å²) in [5, 5.41) is 8.59. The summed E-state index contributed by atoms with van der Waals surface area (Å²) in [6.07, 6.45) is 1.80. The molecule has 1 aromatic carbocycles. The maximum absolute atomic E-state index is 13.1. The van der Waals surface area contributed by atoms with Crippen molar-refractivity contribution in [2.45, 2.75) is 12.8 Å². The third-order valence-corrected chi connectivity index (χ3v) is 2.12. The van der Waals surface area contributed by atoms with Gasteiger partial charge in [0.15, 0.2) is 0 Å². The third-order valence-electron chi connectivity index (χ3n) is 2.12. The molecule has 3 heteroatoms. The van der Waals surface area contributed by atoms with Crippen LogP contribution < -0.4 is 4.74 Å². The van der Waals surface area contributed by atoms with E-state index in [1.165, 1.54) is 6.07 Å². The van der Waals surface area contributed by atoms with Crippen LogP contribution in [0.1, 0.15) is 17.5 Å². The Kier molecular flexibility index (Phi) is 1.90. The first kappa shape index (κ1) is 8.06. The van der Waals surface area contributed by atoms with Gasteiger partial charge in [-0.05, 0) is 24.5 Å². The van der Waals surface area contributed by atoms with Crippen LogP contribution in [0.5, 0.6) is 5.75 Å². The molecule has 0 spiro atoms. The Labute approximate surface area is 75.6 Å². The van der Waals surface area contributed by atoms with Crippen molar-refractivity contribution in [1.82, 2.24) is 0 Å². The molecule has 0 aliphatic carbocycles. The number of aryl methyl sites for hydroxylation is 1. The maximum Gasteiger partial charge on any atom is 0.144 e. The first-order valence-electron chi connectivity index (χ1n) is 4.16. The Bertz CT molecular complexity index is 381. The largest absolute Gasteiger partial charge is 0.493 e. The van der Waals surface area contributed by atoms with Crippen molar-refractivity contribution < 1.29 is 9.13 Å². The monoisotopic (exact) mass is 177 g/mol. The second-order valence-electron chi connectivity index (χ2n) is 3.00. The predicted molar refractivity (Wildman–Crippen MR) is 44.9 cm³/mol. The molecule has 0 unspecified atom stereocenters. The van der Waals surface area contributed by atoms with Crippen molar-refractivity contribution in [2.24, 2.45) is 0 Å². The molecule has 1 aromatic rings. The van der Waals surface area contributed by atoms with Crippen LogP contribution in [0.2, 0.25) is 0 Å². The molecule has 1 aliphatic heterocycles. The second kappa shape index (κ2) is 3.06. The minimum absolute atomic E-state index is 0.101. The van der Waals surface area contributed by atoms with E-state index in [1.54, 1.807) is 6.07 Å². The number of benzene rings is 1. The van der Waals surface area contributed by atoms with Gasteiger partial charge in [-0.25, -0.2) is 4.39 Å². The number of nitrogens with zero attached hydrogens (tertiary/aromatic N) is 1. The topological polar surface area (TPSA) is 33.0 Å². The van der Waals surface area contributed by atoms with E-state index in [-0.39, 0.29) is 5.56 Å². The van der Waals surface area contributed by atoms with Gasteiger partial charge in [0, 0.05) is 6.07 Å². The fourth-order valence-corrected chi connectivity index (χ4v) is 1.46. The number of halogens is 1. The van der Waals surface area contributed by atoms with Gasteiger partial charge in [0.1, 0.15) is 17.6 Å². The van der Waals surface area contributed by atoms with Crippen LogP contribution in [0.4, 0.5) is 4.39 Å². The lowest BCUT2D eigenvalue weighted by Crippen LogP contribution is -2.09. The van der Waals surface area contributed by atoms with Crippen LogP contribution in [0, 0.1) is 17.1 Å². The molecule has 2 rings (SSSR count). The molecule has 0 saturated heterocycles.